The van der Waals surface area contributed by atoms with Crippen LogP contribution in [0.2, 0.25) is 0 Å². The van der Waals surface area contributed by atoms with Gasteiger partial charge in [-0.25, -0.2) is 0 Å². The number of benzene rings is 2. The van der Waals surface area contributed by atoms with Crippen LogP contribution in [0.3, 0.4) is 0 Å². The smallest absolute Gasteiger partial charge is 0.223 e. The molecular weight excluding hydrogens is 556 g/mol. The molecule has 4 heterocycles. The Morgan fingerprint density at radius 1 is 0.932 bits per heavy atom. The van der Waals surface area contributed by atoms with Crippen LogP contribution in [0, 0.1) is 11.8 Å². The minimum Gasteiger partial charge on any atom is -0.493 e. The summed E-state index contributed by atoms with van der Waals surface area (Å²) in [7, 11) is 3.30. The quantitative estimate of drug-likeness (QED) is 0.455. The highest BCUT2D eigenvalue weighted by molar-refractivity contribution is 5.77. The van der Waals surface area contributed by atoms with Crippen molar-refractivity contribution < 1.29 is 19.1 Å². The maximum Gasteiger partial charge on any atom is 0.223 e. The van der Waals surface area contributed by atoms with E-state index in [4.69, 9.17) is 9.47 Å². The third kappa shape index (κ3) is 6.75. The lowest BCUT2D eigenvalue weighted by molar-refractivity contribution is -0.141. The second-order valence-corrected chi connectivity index (χ2v) is 12.5. The number of amides is 2. The molecule has 2 N–H and O–H groups in total. The van der Waals surface area contributed by atoms with E-state index < -0.39 is 0 Å². The Bertz CT molecular complexity index is 1440. The van der Waals surface area contributed by atoms with Gasteiger partial charge in [0.1, 0.15) is 11.4 Å². The van der Waals surface area contributed by atoms with Gasteiger partial charge in [-0.3, -0.25) is 14.5 Å². The number of piperidine rings is 2. The van der Waals surface area contributed by atoms with Gasteiger partial charge in [0.2, 0.25) is 11.8 Å². The normalized spacial score (nSPS) is 23.5. The third-order valence-corrected chi connectivity index (χ3v) is 9.50. The Kier molecular flexibility index (Phi) is 9.45. The van der Waals surface area contributed by atoms with E-state index in [1.165, 1.54) is 0 Å². The summed E-state index contributed by atoms with van der Waals surface area (Å²) in [5, 5.41) is 14.9. The molecule has 2 fully saturated rings. The van der Waals surface area contributed by atoms with Crippen LogP contribution >= 0.6 is 0 Å². The fraction of sp³-hybridized carbons (Fsp3) is 0.529. The van der Waals surface area contributed by atoms with E-state index >= 15 is 0 Å². The van der Waals surface area contributed by atoms with Crippen LogP contribution in [-0.2, 0) is 29.0 Å². The molecule has 3 atom stereocenters. The molecule has 10 nitrogen and oxygen atoms in total. The van der Waals surface area contributed by atoms with E-state index in [2.05, 4.69) is 48.7 Å². The molecule has 3 aliphatic rings. The van der Waals surface area contributed by atoms with Crippen molar-refractivity contribution in [1.82, 2.24) is 30.5 Å². The monoisotopic (exact) mass is 600 g/mol. The van der Waals surface area contributed by atoms with Gasteiger partial charge in [0.25, 0.3) is 0 Å². The van der Waals surface area contributed by atoms with E-state index in [1.54, 1.807) is 14.2 Å². The van der Waals surface area contributed by atoms with Crippen LogP contribution in [0.4, 0.5) is 0 Å². The summed E-state index contributed by atoms with van der Waals surface area (Å²) >= 11 is 0. The molecule has 0 saturated carbocycles. The number of fused-ring (bicyclic) bond motifs is 6. The number of hydrogen-bond acceptors (Lipinski definition) is 7. The zero-order chi connectivity index (χ0) is 30.5. The second kappa shape index (κ2) is 13.8. The molecule has 0 aliphatic carbocycles. The highest BCUT2D eigenvalue weighted by Gasteiger charge is 2.42. The number of carbonyl (C=O) groups excluding carboxylic acids is 2. The summed E-state index contributed by atoms with van der Waals surface area (Å²) in [5.74, 6) is 2.45. The van der Waals surface area contributed by atoms with E-state index in [9.17, 15) is 9.59 Å². The Labute approximate surface area is 259 Å². The van der Waals surface area contributed by atoms with E-state index in [0.29, 0.717) is 43.4 Å². The number of likely N-dealkylation sites (tertiary alicyclic amines) is 1. The van der Waals surface area contributed by atoms with E-state index in [-0.39, 0.29) is 17.9 Å². The molecule has 44 heavy (non-hydrogen) atoms. The lowest BCUT2D eigenvalue weighted by atomic mass is 9.77. The number of nitrogens with zero attached hydrogens (tertiary/aromatic N) is 4. The van der Waals surface area contributed by atoms with Crippen LogP contribution in [0.1, 0.15) is 55.3 Å². The predicted octanol–water partition coefficient (Wildman–Crippen LogP) is 4.00. The number of hydrogen-bond donors (Lipinski definition) is 2. The first-order chi connectivity index (χ1) is 21.5. The Hall–Kier alpha value is -3.92. The molecule has 4 bridgehead atoms. The average Bonchev–Trinajstić information content (AvgIpc) is 3.50. The average molecular weight is 601 g/mol. The molecule has 2 amide bonds. The summed E-state index contributed by atoms with van der Waals surface area (Å²) in [4.78, 5) is 31.3. The van der Waals surface area contributed by atoms with Gasteiger partial charge in [0, 0.05) is 57.2 Å². The third-order valence-electron chi connectivity index (χ3n) is 9.50. The predicted molar refractivity (Wildman–Crippen MR) is 167 cm³/mol. The summed E-state index contributed by atoms with van der Waals surface area (Å²) in [6.07, 6.45) is 5.87. The van der Waals surface area contributed by atoms with Crippen LogP contribution in [-0.4, -0.2) is 83.5 Å². The van der Waals surface area contributed by atoms with Gasteiger partial charge in [0.05, 0.1) is 14.2 Å². The van der Waals surface area contributed by atoms with Gasteiger partial charge >= 0.3 is 0 Å². The molecule has 2 aromatic carbocycles. The molecule has 2 saturated heterocycles. The molecular formula is C34H44N6O4. The standard InChI is InChI=1S/C34H44N6O4/c1-43-30-18-23-13-14-32(42)40-20-24-17-27(21-39(19-24)22-28-33(37-38-36-28)25-8-4-3-5-9-25)29(40)11-6-12-31(41)35-15-7-10-26(16-23)34(30)44-2/h3-5,8-9,16,18,24,27,29H,6-7,10-15,17,19-22H2,1-2H3,(H,35,41)(H,36,37,38)/t24-,27+,29-/m0/s1. The van der Waals surface area contributed by atoms with Crippen molar-refractivity contribution in [3.8, 4) is 22.8 Å². The summed E-state index contributed by atoms with van der Waals surface area (Å²) in [5.41, 5.74) is 5.02. The zero-order valence-electron chi connectivity index (χ0n) is 25.9. The fourth-order valence-electron chi connectivity index (χ4n) is 7.54. The molecule has 0 radical (unpaired) electrons. The van der Waals surface area contributed by atoms with Gasteiger partial charge < -0.3 is 19.7 Å². The number of carbonyl (C=O) groups is 2. The van der Waals surface area contributed by atoms with Crippen molar-refractivity contribution in [1.29, 1.82) is 0 Å². The number of rotatable bonds is 5. The highest BCUT2D eigenvalue weighted by Crippen LogP contribution is 2.38. The number of H-pyrrole nitrogens is 1. The van der Waals surface area contributed by atoms with Crippen LogP contribution in [0.5, 0.6) is 11.5 Å². The topological polar surface area (TPSA) is 113 Å². The fourth-order valence-corrected chi connectivity index (χ4v) is 7.54. The van der Waals surface area contributed by atoms with Crippen LogP contribution < -0.4 is 14.8 Å². The summed E-state index contributed by atoms with van der Waals surface area (Å²) in [6.45, 7) is 3.92. The number of nitrogens with one attached hydrogen (secondary N) is 2. The van der Waals surface area contributed by atoms with Crippen molar-refractivity contribution in [3.63, 3.8) is 0 Å². The summed E-state index contributed by atoms with van der Waals surface area (Å²) < 4.78 is 11.3. The van der Waals surface area contributed by atoms with E-state index in [0.717, 1.165) is 92.1 Å². The lowest BCUT2D eigenvalue weighted by Gasteiger charge is -2.51. The number of aryl methyl sites for hydroxylation is 2. The molecule has 10 heteroatoms. The van der Waals surface area contributed by atoms with Crippen molar-refractivity contribution in [2.45, 2.75) is 64.0 Å². The Morgan fingerprint density at radius 2 is 1.80 bits per heavy atom. The maximum atomic E-state index is 13.9. The van der Waals surface area contributed by atoms with Crippen molar-refractivity contribution >= 4 is 11.8 Å². The maximum absolute atomic E-state index is 13.9. The van der Waals surface area contributed by atoms with Gasteiger partial charge in [-0.15, -0.1) is 0 Å². The first kappa shape index (κ1) is 30.1. The van der Waals surface area contributed by atoms with Crippen molar-refractivity contribution in [3.05, 3.63) is 59.3 Å². The van der Waals surface area contributed by atoms with Gasteiger partial charge in [-0.05, 0) is 67.6 Å². The Morgan fingerprint density at radius 3 is 2.61 bits per heavy atom. The number of aromatic nitrogens is 3. The first-order valence-electron chi connectivity index (χ1n) is 16.0. The number of ether oxygens (including phenoxy) is 2. The number of aromatic amines is 1. The first-order valence-corrected chi connectivity index (χ1v) is 16.0. The second-order valence-electron chi connectivity index (χ2n) is 12.5. The minimum atomic E-state index is 0.0756. The van der Waals surface area contributed by atoms with Crippen molar-refractivity contribution in [2.24, 2.45) is 11.8 Å². The zero-order valence-corrected chi connectivity index (χ0v) is 25.9. The lowest BCUT2D eigenvalue weighted by Crippen LogP contribution is -2.59. The Balaban J connectivity index is 1.20. The largest absolute Gasteiger partial charge is 0.493 e. The van der Waals surface area contributed by atoms with Gasteiger partial charge in [-0.1, -0.05) is 36.4 Å². The molecule has 234 valence electrons. The van der Waals surface area contributed by atoms with Crippen LogP contribution in [0.15, 0.2) is 42.5 Å². The molecule has 1 aromatic heterocycles. The molecule has 3 aliphatic heterocycles. The van der Waals surface area contributed by atoms with Gasteiger partial charge in [-0.2, -0.15) is 15.4 Å². The van der Waals surface area contributed by atoms with Gasteiger partial charge in [0.15, 0.2) is 11.5 Å². The van der Waals surface area contributed by atoms with Crippen LogP contribution in [0.25, 0.3) is 11.3 Å². The molecule has 0 unspecified atom stereocenters. The number of methoxy groups -OCH3 is 2. The SMILES string of the molecule is COc1cc2cc(c1OC)CCCNC(=O)CCC[C@H]1[C@@H]3C[C@@H](CN(Cc4n[nH]nc4-c4ccccc4)C3)CN1C(=O)CC2. The molecule has 0 spiro atoms. The van der Waals surface area contributed by atoms with E-state index in [1.807, 2.05) is 24.3 Å². The highest BCUT2D eigenvalue weighted by atomic mass is 16.5. The minimum absolute atomic E-state index is 0.0756. The summed E-state index contributed by atoms with van der Waals surface area (Å²) in [6, 6.07) is 14.4. The molecule has 3 aromatic rings. The molecule has 6 rings (SSSR count). The van der Waals surface area contributed by atoms with Crippen molar-refractivity contribution in [2.75, 3.05) is 40.4 Å².